The van der Waals surface area contributed by atoms with Gasteiger partial charge < -0.3 is 9.32 Å². The quantitative estimate of drug-likeness (QED) is 0.143. The van der Waals surface area contributed by atoms with E-state index in [4.69, 9.17) is 9.40 Å². The minimum absolute atomic E-state index is 0.628. The highest BCUT2D eigenvalue weighted by molar-refractivity contribution is 6.14. The molecule has 64 heavy (non-hydrogen) atoms. The Hall–Kier alpha value is -8.53. The number of oxazole rings is 1. The van der Waals surface area contributed by atoms with Gasteiger partial charge in [0.1, 0.15) is 5.52 Å². The summed E-state index contributed by atoms with van der Waals surface area (Å²) in [5.41, 5.74) is 15.2. The zero-order valence-electron chi connectivity index (χ0n) is 34.9. The number of hydrogen-bond acceptors (Lipinski definition) is 3. The molecule has 0 aliphatic rings. The lowest BCUT2D eigenvalue weighted by Crippen LogP contribution is -2.10. The van der Waals surface area contributed by atoms with Crippen LogP contribution < -0.4 is 4.90 Å². The molecular weight excluding hydrogens is 777 g/mol. The van der Waals surface area contributed by atoms with Crippen molar-refractivity contribution in [1.29, 1.82) is 0 Å². The van der Waals surface area contributed by atoms with Crippen LogP contribution >= 0.6 is 0 Å². The summed E-state index contributed by atoms with van der Waals surface area (Å²) in [7, 11) is 0. The lowest BCUT2D eigenvalue weighted by atomic mass is 9.91. The highest BCUT2D eigenvalue weighted by atomic mass is 16.3. The Labute approximate surface area is 371 Å². The molecule has 12 rings (SSSR count). The SMILES string of the molecule is c1ccc(-c2nc3ccc4cccc(-c5ccc(-c6ccc(N(c7ccccc7)c7ccc(-c8cc9ccccc9c9ccccc89)cc7)cc6-c6ccccc6)cc5)c4c3o2)cc1. The van der Waals surface area contributed by atoms with E-state index >= 15 is 0 Å². The van der Waals surface area contributed by atoms with Crippen molar-refractivity contribution in [2.75, 3.05) is 4.90 Å². The molecule has 0 radical (unpaired) electrons. The fraction of sp³-hybridized carbons (Fsp3) is 0. The van der Waals surface area contributed by atoms with Gasteiger partial charge in [0.2, 0.25) is 5.89 Å². The minimum Gasteiger partial charge on any atom is -0.435 e. The number of aromatic nitrogens is 1. The van der Waals surface area contributed by atoms with Gasteiger partial charge in [0.15, 0.2) is 5.58 Å². The third-order valence-corrected chi connectivity index (χ3v) is 12.5. The zero-order valence-corrected chi connectivity index (χ0v) is 34.9. The molecule has 0 fully saturated rings. The maximum absolute atomic E-state index is 6.52. The van der Waals surface area contributed by atoms with Crippen LogP contribution in [0.15, 0.2) is 247 Å². The summed E-state index contributed by atoms with van der Waals surface area (Å²) in [5.74, 6) is 0.628. The molecule has 11 aromatic carbocycles. The summed E-state index contributed by atoms with van der Waals surface area (Å²) in [6.07, 6.45) is 0. The maximum Gasteiger partial charge on any atom is 0.227 e. The second kappa shape index (κ2) is 15.7. The van der Waals surface area contributed by atoms with Gasteiger partial charge in [-0.2, -0.15) is 0 Å². The summed E-state index contributed by atoms with van der Waals surface area (Å²) in [6, 6.07) is 86.7. The van der Waals surface area contributed by atoms with Gasteiger partial charge in [-0.25, -0.2) is 4.98 Å². The second-order valence-corrected chi connectivity index (χ2v) is 16.3. The maximum atomic E-state index is 6.52. The van der Waals surface area contributed by atoms with Crippen LogP contribution in [0.25, 0.3) is 99.4 Å². The third kappa shape index (κ3) is 6.59. The number of anilines is 3. The molecule has 0 saturated heterocycles. The van der Waals surface area contributed by atoms with Crippen LogP contribution in [0.3, 0.4) is 0 Å². The van der Waals surface area contributed by atoms with Crippen LogP contribution in [-0.2, 0) is 0 Å². The Morgan fingerprint density at radius 1 is 0.312 bits per heavy atom. The Kier molecular flexibility index (Phi) is 9.16. The van der Waals surface area contributed by atoms with Gasteiger partial charge in [-0.05, 0) is 132 Å². The first-order valence-corrected chi connectivity index (χ1v) is 21.8. The predicted molar refractivity (Wildman–Crippen MR) is 268 cm³/mol. The van der Waals surface area contributed by atoms with Crippen molar-refractivity contribution in [1.82, 2.24) is 4.98 Å². The number of hydrogen-bond donors (Lipinski definition) is 0. The van der Waals surface area contributed by atoms with Gasteiger partial charge in [0.05, 0.1) is 0 Å². The summed E-state index contributed by atoms with van der Waals surface area (Å²) in [6.45, 7) is 0. The first-order valence-electron chi connectivity index (χ1n) is 21.8. The molecule has 0 atom stereocenters. The van der Waals surface area contributed by atoms with Crippen LogP contribution in [0.4, 0.5) is 17.1 Å². The van der Waals surface area contributed by atoms with Crippen LogP contribution in [-0.4, -0.2) is 4.98 Å². The van der Waals surface area contributed by atoms with E-state index in [0.29, 0.717) is 5.89 Å². The van der Waals surface area contributed by atoms with E-state index in [1.165, 1.54) is 32.7 Å². The Bertz CT molecular complexity index is 3630. The average Bonchev–Trinajstić information content (AvgIpc) is 3.82. The number of para-hydroxylation sites is 1. The summed E-state index contributed by atoms with van der Waals surface area (Å²) < 4.78 is 6.52. The monoisotopic (exact) mass is 816 g/mol. The van der Waals surface area contributed by atoms with Gasteiger partial charge in [-0.1, -0.05) is 182 Å². The van der Waals surface area contributed by atoms with Crippen LogP contribution in [0, 0.1) is 0 Å². The lowest BCUT2D eigenvalue weighted by Gasteiger charge is -2.27. The highest BCUT2D eigenvalue weighted by Gasteiger charge is 2.19. The molecule has 1 heterocycles. The summed E-state index contributed by atoms with van der Waals surface area (Å²) in [5, 5.41) is 7.23. The molecular formula is C61H40N2O. The van der Waals surface area contributed by atoms with Crippen molar-refractivity contribution in [3.05, 3.63) is 243 Å². The number of benzene rings is 11. The standard InChI is InChI=1S/C61H40N2O/c1-4-15-41(16-5-1)57-40-50(63(48-21-8-3-9-22-48)49-34-31-44(32-35-49)56-39-47-19-10-11-23-51(47)54-24-12-13-25-55(54)56)36-37-52(57)42-27-29-43(30-28-42)53-26-14-20-45-33-38-58-60(59(45)53)64-61(62-58)46-17-6-2-7-18-46/h1-40H. The van der Waals surface area contributed by atoms with Crippen molar-refractivity contribution < 1.29 is 4.42 Å². The van der Waals surface area contributed by atoms with Crippen molar-refractivity contribution in [2.45, 2.75) is 0 Å². The largest absolute Gasteiger partial charge is 0.435 e. The van der Waals surface area contributed by atoms with E-state index in [1.54, 1.807) is 0 Å². The molecule has 0 aliphatic carbocycles. The van der Waals surface area contributed by atoms with E-state index < -0.39 is 0 Å². The fourth-order valence-electron chi connectivity index (χ4n) is 9.42. The predicted octanol–water partition coefficient (Wildman–Crippen LogP) is 17.1. The molecule has 300 valence electrons. The van der Waals surface area contributed by atoms with E-state index in [-0.39, 0.29) is 0 Å². The molecule has 1 aromatic heterocycles. The molecule has 0 saturated carbocycles. The minimum atomic E-state index is 0.628. The van der Waals surface area contributed by atoms with E-state index in [9.17, 15) is 0 Å². The molecule has 12 aromatic rings. The molecule has 0 bridgehead atoms. The summed E-state index contributed by atoms with van der Waals surface area (Å²) in [4.78, 5) is 7.24. The van der Waals surface area contributed by atoms with Gasteiger partial charge in [0, 0.05) is 28.0 Å². The molecule has 0 unspecified atom stereocenters. The molecule has 3 nitrogen and oxygen atoms in total. The van der Waals surface area contributed by atoms with Crippen molar-refractivity contribution in [3.8, 4) is 56.0 Å². The number of rotatable bonds is 8. The first-order chi connectivity index (χ1) is 31.7. The van der Waals surface area contributed by atoms with E-state index in [2.05, 4.69) is 217 Å². The molecule has 0 N–H and O–H groups in total. The number of nitrogens with zero attached hydrogens (tertiary/aromatic N) is 2. The van der Waals surface area contributed by atoms with Crippen LogP contribution in [0.2, 0.25) is 0 Å². The molecule has 0 amide bonds. The number of fused-ring (bicyclic) bond motifs is 6. The Morgan fingerprint density at radius 2 is 0.859 bits per heavy atom. The highest BCUT2D eigenvalue weighted by Crippen LogP contribution is 2.43. The van der Waals surface area contributed by atoms with Crippen molar-refractivity contribution >= 4 is 60.5 Å². The Morgan fingerprint density at radius 3 is 1.61 bits per heavy atom. The molecule has 0 aliphatic heterocycles. The summed E-state index contributed by atoms with van der Waals surface area (Å²) >= 11 is 0. The van der Waals surface area contributed by atoms with Crippen molar-refractivity contribution in [3.63, 3.8) is 0 Å². The Balaban J connectivity index is 0.941. The zero-order chi connectivity index (χ0) is 42.4. The first kappa shape index (κ1) is 37.2. The normalized spacial score (nSPS) is 11.4. The molecule has 3 heteroatoms. The van der Waals surface area contributed by atoms with Gasteiger partial charge in [-0.15, -0.1) is 0 Å². The van der Waals surface area contributed by atoms with Gasteiger partial charge in [0.25, 0.3) is 0 Å². The van der Waals surface area contributed by atoms with Gasteiger partial charge >= 0.3 is 0 Å². The van der Waals surface area contributed by atoms with E-state index in [0.717, 1.165) is 77.9 Å². The van der Waals surface area contributed by atoms with Gasteiger partial charge in [-0.3, -0.25) is 0 Å². The van der Waals surface area contributed by atoms with E-state index in [1.807, 2.05) is 30.3 Å². The lowest BCUT2D eigenvalue weighted by molar-refractivity contribution is 0.623. The van der Waals surface area contributed by atoms with Crippen molar-refractivity contribution in [2.24, 2.45) is 0 Å². The third-order valence-electron chi connectivity index (χ3n) is 12.5. The molecule has 0 spiro atoms. The van der Waals surface area contributed by atoms with Crippen LogP contribution in [0.1, 0.15) is 0 Å². The topological polar surface area (TPSA) is 29.3 Å². The second-order valence-electron chi connectivity index (χ2n) is 16.3. The van der Waals surface area contributed by atoms with Crippen LogP contribution in [0.5, 0.6) is 0 Å². The fourth-order valence-corrected chi connectivity index (χ4v) is 9.42. The smallest absolute Gasteiger partial charge is 0.227 e. The average molecular weight is 817 g/mol.